The van der Waals surface area contributed by atoms with Gasteiger partial charge < -0.3 is 15.2 Å². The van der Waals surface area contributed by atoms with Crippen molar-refractivity contribution < 1.29 is 14.6 Å². The number of ether oxygens (including phenoxy) is 1. The highest BCUT2D eigenvalue weighted by Crippen LogP contribution is 2.49. The molecule has 2 aliphatic heterocycles. The van der Waals surface area contributed by atoms with Gasteiger partial charge in [-0.3, -0.25) is 0 Å². The molecule has 1 saturated heterocycles. The third-order valence-electron chi connectivity index (χ3n) is 4.91. The van der Waals surface area contributed by atoms with Crippen LogP contribution in [0.1, 0.15) is 45.6 Å². The van der Waals surface area contributed by atoms with Crippen molar-refractivity contribution in [3.05, 3.63) is 64.7 Å². The molecule has 3 atom stereocenters. The van der Waals surface area contributed by atoms with Gasteiger partial charge in [0.15, 0.2) is 0 Å². The zero-order chi connectivity index (χ0) is 16.0. The Morgan fingerprint density at radius 1 is 1.22 bits per heavy atom. The van der Waals surface area contributed by atoms with Crippen molar-refractivity contribution in [1.82, 2.24) is 0 Å². The monoisotopic (exact) mass is 309 g/mol. The lowest BCUT2D eigenvalue weighted by atomic mass is 9.80. The van der Waals surface area contributed by atoms with E-state index in [1.807, 2.05) is 12.1 Å². The zero-order valence-electron chi connectivity index (χ0n) is 13.0. The van der Waals surface area contributed by atoms with Crippen LogP contribution in [0.2, 0.25) is 0 Å². The second kappa shape index (κ2) is 5.39. The summed E-state index contributed by atoms with van der Waals surface area (Å²) >= 11 is 0. The molecule has 0 saturated carbocycles. The van der Waals surface area contributed by atoms with Crippen LogP contribution in [0, 0.1) is 12.8 Å². The van der Waals surface area contributed by atoms with Crippen LogP contribution in [-0.2, 0) is 4.74 Å². The van der Waals surface area contributed by atoms with Gasteiger partial charge in [0.2, 0.25) is 0 Å². The first-order chi connectivity index (χ1) is 11.1. The Bertz CT molecular complexity index is 754. The van der Waals surface area contributed by atoms with Crippen LogP contribution in [0.15, 0.2) is 42.5 Å². The minimum Gasteiger partial charge on any atom is -0.478 e. The van der Waals surface area contributed by atoms with Crippen LogP contribution in [-0.4, -0.2) is 17.7 Å². The second-order valence-corrected chi connectivity index (χ2v) is 6.38. The first-order valence-electron chi connectivity index (χ1n) is 7.95. The van der Waals surface area contributed by atoms with Gasteiger partial charge >= 0.3 is 5.97 Å². The van der Waals surface area contributed by atoms with Crippen LogP contribution in [0.3, 0.4) is 0 Å². The van der Waals surface area contributed by atoms with Gasteiger partial charge in [-0.2, -0.15) is 0 Å². The molecule has 4 rings (SSSR count). The second-order valence-electron chi connectivity index (χ2n) is 6.38. The number of fused-ring (bicyclic) bond motifs is 3. The summed E-state index contributed by atoms with van der Waals surface area (Å²) in [5.41, 5.74) is 5.03. The fourth-order valence-electron chi connectivity index (χ4n) is 3.76. The van der Waals surface area contributed by atoms with Crippen molar-refractivity contribution in [1.29, 1.82) is 0 Å². The fourth-order valence-corrected chi connectivity index (χ4v) is 3.76. The maximum absolute atomic E-state index is 11.0. The lowest BCUT2D eigenvalue weighted by Gasteiger charge is -2.36. The summed E-state index contributed by atoms with van der Waals surface area (Å²) in [4.78, 5) is 11.0. The van der Waals surface area contributed by atoms with Crippen LogP contribution >= 0.6 is 0 Å². The van der Waals surface area contributed by atoms with Crippen LogP contribution in [0.25, 0.3) is 0 Å². The predicted octanol–water partition coefficient (Wildman–Crippen LogP) is 3.94. The number of hydrogen-bond donors (Lipinski definition) is 2. The first-order valence-corrected chi connectivity index (χ1v) is 7.95. The molecule has 0 aromatic heterocycles. The summed E-state index contributed by atoms with van der Waals surface area (Å²) < 4.78 is 6.02. The van der Waals surface area contributed by atoms with Gasteiger partial charge in [0.1, 0.15) is 0 Å². The van der Waals surface area contributed by atoms with E-state index in [-0.39, 0.29) is 12.1 Å². The molecule has 0 bridgehead atoms. The number of benzene rings is 2. The van der Waals surface area contributed by atoms with Gasteiger partial charge in [-0.1, -0.05) is 29.8 Å². The highest BCUT2D eigenvalue weighted by atomic mass is 16.5. The normalized spacial score (nSPS) is 25.3. The standard InChI is InChI=1S/C19H19NO3/c1-11-2-7-16-15(10-11)18-14(8-9-23-18)17(20-16)12-3-5-13(6-4-12)19(21)22/h2-7,10,14,17-18,20H,8-9H2,1H3,(H,21,22)/t14-,17+,18+/m0/s1. The van der Waals surface area contributed by atoms with E-state index < -0.39 is 5.97 Å². The van der Waals surface area contributed by atoms with Gasteiger partial charge in [-0.25, -0.2) is 4.79 Å². The molecule has 0 spiro atoms. The summed E-state index contributed by atoms with van der Waals surface area (Å²) in [5.74, 6) is -0.518. The van der Waals surface area contributed by atoms with Crippen molar-refractivity contribution in [2.24, 2.45) is 5.92 Å². The highest BCUT2D eigenvalue weighted by molar-refractivity contribution is 5.87. The van der Waals surface area contributed by atoms with E-state index in [9.17, 15) is 4.79 Å². The Labute approximate surface area is 135 Å². The van der Waals surface area contributed by atoms with Gasteiger partial charge in [0.05, 0.1) is 17.7 Å². The number of aryl methyl sites for hydroxylation is 1. The van der Waals surface area contributed by atoms with E-state index in [1.165, 1.54) is 11.1 Å². The number of carbonyl (C=O) groups is 1. The summed E-state index contributed by atoms with van der Waals surface area (Å²) in [5, 5.41) is 12.7. The number of carboxylic acid groups (broad SMARTS) is 1. The molecule has 118 valence electrons. The minimum absolute atomic E-state index is 0.121. The number of nitrogens with one attached hydrogen (secondary N) is 1. The van der Waals surface area contributed by atoms with Gasteiger partial charge in [0, 0.05) is 23.8 Å². The Balaban J connectivity index is 1.72. The summed E-state index contributed by atoms with van der Waals surface area (Å²) in [6.07, 6.45) is 1.13. The molecule has 0 unspecified atom stereocenters. The van der Waals surface area contributed by atoms with Crippen LogP contribution < -0.4 is 5.32 Å². The SMILES string of the molecule is Cc1ccc2c(c1)[C@@H]1OCC[C@H]1[C@@H](c1ccc(C(=O)O)cc1)N2. The van der Waals surface area contributed by atoms with Crippen molar-refractivity contribution in [3.63, 3.8) is 0 Å². The van der Waals surface area contributed by atoms with E-state index in [1.54, 1.807) is 12.1 Å². The molecule has 2 aromatic rings. The lowest BCUT2D eigenvalue weighted by Crippen LogP contribution is -2.29. The molecule has 23 heavy (non-hydrogen) atoms. The number of hydrogen-bond acceptors (Lipinski definition) is 3. The molecule has 4 heteroatoms. The molecule has 0 radical (unpaired) electrons. The summed E-state index contributed by atoms with van der Waals surface area (Å²) in [6.45, 7) is 2.87. The molecular formula is C19H19NO3. The Morgan fingerprint density at radius 2 is 2.00 bits per heavy atom. The molecular weight excluding hydrogens is 290 g/mol. The van der Waals surface area contributed by atoms with Gasteiger partial charge in [0.25, 0.3) is 0 Å². The smallest absolute Gasteiger partial charge is 0.335 e. The predicted molar refractivity (Wildman–Crippen MR) is 87.7 cm³/mol. The molecule has 0 aliphatic carbocycles. The number of rotatable bonds is 2. The molecule has 2 N–H and O–H groups in total. The van der Waals surface area contributed by atoms with E-state index in [0.29, 0.717) is 11.5 Å². The van der Waals surface area contributed by atoms with Crippen molar-refractivity contribution >= 4 is 11.7 Å². The largest absolute Gasteiger partial charge is 0.478 e. The molecule has 2 aliphatic rings. The highest BCUT2D eigenvalue weighted by Gasteiger charge is 2.41. The number of carboxylic acids is 1. The average molecular weight is 309 g/mol. The zero-order valence-corrected chi connectivity index (χ0v) is 13.0. The van der Waals surface area contributed by atoms with Gasteiger partial charge in [-0.15, -0.1) is 0 Å². The molecule has 2 heterocycles. The maximum atomic E-state index is 11.0. The van der Waals surface area contributed by atoms with Crippen LogP contribution in [0.5, 0.6) is 0 Å². The molecule has 2 aromatic carbocycles. The van der Waals surface area contributed by atoms with Gasteiger partial charge in [-0.05, 0) is 37.1 Å². The maximum Gasteiger partial charge on any atom is 0.335 e. The number of aromatic carboxylic acids is 1. The van der Waals surface area contributed by atoms with Crippen molar-refractivity contribution in [3.8, 4) is 0 Å². The molecule has 4 nitrogen and oxygen atoms in total. The van der Waals surface area contributed by atoms with Crippen LogP contribution in [0.4, 0.5) is 5.69 Å². The average Bonchev–Trinajstić information content (AvgIpc) is 3.04. The summed E-state index contributed by atoms with van der Waals surface area (Å²) in [6, 6.07) is 13.7. The third-order valence-corrected chi connectivity index (χ3v) is 4.91. The van der Waals surface area contributed by atoms with Crippen molar-refractivity contribution in [2.45, 2.75) is 25.5 Å². The fraction of sp³-hybridized carbons (Fsp3) is 0.316. The lowest BCUT2D eigenvalue weighted by molar-refractivity contribution is 0.0696. The quantitative estimate of drug-likeness (QED) is 0.882. The number of anilines is 1. The first kappa shape index (κ1) is 14.3. The topological polar surface area (TPSA) is 58.6 Å². The minimum atomic E-state index is -0.893. The van der Waals surface area contributed by atoms with Crippen molar-refractivity contribution in [2.75, 3.05) is 11.9 Å². The molecule has 0 amide bonds. The Kier molecular flexibility index (Phi) is 3.34. The van der Waals surface area contributed by atoms with E-state index in [2.05, 4.69) is 30.4 Å². The van der Waals surface area contributed by atoms with E-state index in [4.69, 9.17) is 9.84 Å². The summed E-state index contributed by atoms with van der Waals surface area (Å²) in [7, 11) is 0. The van der Waals surface area contributed by atoms with E-state index in [0.717, 1.165) is 24.3 Å². The van der Waals surface area contributed by atoms with E-state index >= 15 is 0 Å². The Hall–Kier alpha value is -2.33. The molecule has 1 fully saturated rings. The third kappa shape index (κ3) is 2.39. The Morgan fingerprint density at radius 3 is 2.74 bits per heavy atom.